The van der Waals surface area contributed by atoms with Gasteiger partial charge >= 0.3 is 0 Å². The number of rotatable bonds is 8. The number of fused-ring (bicyclic) bond motifs is 1. The lowest BCUT2D eigenvalue weighted by Crippen LogP contribution is -2.28. The van der Waals surface area contributed by atoms with Crippen molar-refractivity contribution >= 4 is 28.8 Å². The molecular formula is C24H21F2N7O3. The van der Waals surface area contributed by atoms with Crippen molar-refractivity contribution in [2.45, 2.75) is 6.43 Å². The number of carbonyl (C=O) groups excluding carboxylic acids is 2. The summed E-state index contributed by atoms with van der Waals surface area (Å²) in [6.07, 6.45) is -0.242. The monoisotopic (exact) mass is 493 g/mol. The van der Waals surface area contributed by atoms with Crippen LogP contribution in [0.15, 0.2) is 61.4 Å². The van der Waals surface area contributed by atoms with E-state index in [9.17, 15) is 18.4 Å². The van der Waals surface area contributed by atoms with E-state index in [1.165, 1.54) is 30.2 Å². The second-order valence-electron chi connectivity index (χ2n) is 7.49. The predicted molar refractivity (Wildman–Crippen MR) is 130 cm³/mol. The first-order valence-corrected chi connectivity index (χ1v) is 10.6. The highest BCUT2D eigenvalue weighted by Crippen LogP contribution is 2.38. The van der Waals surface area contributed by atoms with Gasteiger partial charge in [-0.2, -0.15) is 0 Å². The highest BCUT2D eigenvalue weighted by Gasteiger charge is 2.22. The topological polar surface area (TPSA) is 137 Å². The average molecular weight is 493 g/mol. The van der Waals surface area contributed by atoms with Crippen LogP contribution in [-0.2, 0) is 4.79 Å². The molecule has 36 heavy (non-hydrogen) atoms. The highest BCUT2D eigenvalue weighted by molar-refractivity contribution is 6.01. The molecule has 2 heterocycles. The molecule has 0 aliphatic carbocycles. The molecule has 2 aromatic heterocycles. The van der Waals surface area contributed by atoms with Crippen molar-refractivity contribution in [1.82, 2.24) is 25.1 Å². The molecule has 0 spiro atoms. The van der Waals surface area contributed by atoms with Gasteiger partial charge in [0.2, 0.25) is 5.91 Å². The van der Waals surface area contributed by atoms with Crippen molar-refractivity contribution in [1.29, 1.82) is 0 Å². The second kappa shape index (κ2) is 10.2. The van der Waals surface area contributed by atoms with Gasteiger partial charge in [0.05, 0.1) is 19.2 Å². The van der Waals surface area contributed by atoms with Gasteiger partial charge in [0.25, 0.3) is 12.3 Å². The number of anilines is 2. The number of nitrogens with zero attached hydrogens (tertiary/aromatic N) is 4. The Balaban J connectivity index is 1.82. The van der Waals surface area contributed by atoms with E-state index in [1.54, 1.807) is 36.4 Å². The third kappa shape index (κ3) is 4.82. The number of aromatic nitrogens is 4. The molecule has 0 unspecified atom stereocenters. The molecule has 0 saturated heterocycles. The Morgan fingerprint density at radius 3 is 2.58 bits per heavy atom. The molecule has 4 aromatic rings. The SMILES string of the molecule is C=CC(=O)Nc1ccc(-c2nn3ncnc(N)c3c2-c2ccc(C(=O)NCC(F)F)c(OC)c2)cc1. The van der Waals surface area contributed by atoms with Crippen LogP contribution >= 0.6 is 0 Å². The van der Waals surface area contributed by atoms with Crippen LogP contribution in [0.2, 0.25) is 0 Å². The maximum absolute atomic E-state index is 12.5. The number of nitrogen functional groups attached to an aromatic ring is 1. The number of nitrogens with one attached hydrogen (secondary N) is 2. The largest absolute Gasteiger partial charge is 0.496 e. The van der Waals surface area contributed by atoms with Crippen LogP contribution in [0.1, 0.15) is 10.4 Å². The van der Waals surface area contributed by atoms with Gasteiger partial charge < -0.3 is 21.1 Å². The summed E-state index contributed by atoms with van der Waals surface area (Å²) in [5.41, 5.74) is 9.56. The Morgan fingerprint density at radius 1 is 1.19 bits per heavy atom. The Hall–Kier alpha value is -4.87. The van der Waals surface area contributed by atoms with Gasteiger partial charge in [-0.3, -0.25) is 9.59 Å². The van der Waals surface area contributed by atoms with Gasteiger partial charge in [0, 0.05) is 16.8 Å². The quantitative estimate of drug-likeness (QED) is 0.321. The standard InChI is InChI=1S/C24H21F2N7O3/c1-3-19(34)31-15-7-4-13(5-8-15)21-20(22-23(27)29-12-30-33(22)32-21)14-6-9-16(17(10-14)36-2)24(35)28-11-18(25)26/h3-10,12,18H,1,11H2,2H3,(H,28,35)(H,31,34)(H2,27,29,30). The molecule has 10 nitrogen and oxygen atoms in total. The molecule has 184 valence electrons. The van der Waals surface area contributed by atoms with Crippen molar-refractivity contribution in [3.63, 3.8) is 0 Å². The summed E-state index contributed by atoms with van der Waals surface area (Å²) in [6.45, 7) is 2.65. The van der Waals surface area contributed by atoms with E-state index in [0.717, 1.165) is 0 Å². The molecule has 0 atom stereocenters. The first kappa shape index (κ1) is 24.3. The molecule has 4 rings (SSSR count). The van der Waals surface area contributed by atoms with Crippen LogP contribution < -0.4 is 21.1 Å². The van der Waals surface area contributed by atoms with E-state index in [1.807, 2.05) is 0 Å². The number of hydrogen-bond donors (Lipinski definition) is 3. The van der Waals surface area contributed by atoms with Gasteiger partial charge in [0.1, 0.15) is 23.3 Å². The molecule has 4 N–H and O–H groups in total. The van der Waals surface area contributed by atoms with Gasteiger partial charge in [0.15, 0.2) is 5.82 Å². The van der Waals surface area contributed by atoms with E-state index in [0.29, 0.717) is 33.6 Å². The molecule has 0 radical (unpaired) electrons. The fourth-order valence-electron chi connectivity index (χ4n) is 3.60. The van der Waals surface area contributed by atoms with Crippen molar-refractivity contribution in [2.75, 3.05) is 24.7 Å². The van der Waals surface area contributed by atoms with Crippen LogP contribution in [0.4, 0.5) is 20.3 Å². The Morgan fingerprint density at radius 2 is 1.92 bits per heavy atom. The van der Waals surface area contributed by atoms with Gasteiger partial charge in [-0.25, -0.2) is 13.8 Å². The van der Waals surface area contributed by atoms with E-state index in [4.69, 9.17) is 10.5 Å². The van der Waals surface area contributed by atoms with Crippen LogP contribution in [-0.4, -0.2) is 51.7 Å². The molecule has 12 heteroatoms. The van der Waals surface area contributed by atoms with Crippen molar-refractivity contribution in [2.24, 2.45) is 0 Å². The minimum absolute atomic E-state index is 0.0893. The lowest BCUT2D eigenvalue weighted by molar-refractivity contribution is -0.111. The van der Waals surface area contributed by atoms with Crippen molar-refractivity contribution < 1.29 is 23.1 Å². The lowest BCUT2D eigenvalue weighted by atomic mass is 9.98. The number of ether oxygens (including phenoxy) is 1. The number of hydrogen-bond acceptors (Lipinski definition) is 7. The van der Waals surface area contributed by atoms with Crippen molar-refractivity contribution in [3.8, 4) is 28.1 Å². The number of amides is 2. The third-order valence-corrected chi connectivity index (χ3v) is 5.23. The van der Waals surface area contributed by atoms with E-state index in [2.05, 4.69) is 32.4 Å². The summed E-state index contributed by atoms with van der Waals surface area (Å²) >= 11 is 0. The molecule has 0 aliphatic rings. The lowest BCUT2D eigenvalue weighted by Gasteiger charge is -2.12. The summed E-state index contributed by atoms with van der Waals surface area (Å²) in [5.74, 6) is -0.698. The fraction of sp³-hybridized carbons (Fsp3) is 0.125. The highest BCUT2D eigenvalue weighted by atomic mass is 19.3. The third-order valence-electron chi connectivity index (χ3n) is 5.23. The molecule has 0 saturated carbocycles. The van der Waals surface area contributed by atoms with Crippen LogP contribution in [0.5, 0.6) is 5.75 Å². The zero-order valence-electron chi connectivity index (χ0n) is 19.0. The fourth-order valence-corrected chi connectivity index (χ4v) is 3.60. The first-order valence-electron chi connectivity index (χ1n) is 10.6. The summed E-state index contributed by atoms with van der Waals surface area (Å²) in [6, 6.07) is 11.6. The Labute approximate surface area is 203 Å². The normalized spacial score (nSPS) is 10.9. The number of carbonyl (C=O) groups is 2. The molecule has 0 fully saturated rings. The summed E-state index contributed by atoms with van der Waals surface area (Å²) < 4.78 is 31.8. The zero-order valence-corrected chi connectivity index (χ0v) is 19.0. The average Bonchev–Trinajstić information content (AvgIpc) is 3.28. The smallest absolute Gasteiger partial charge is 0.255 e. The van der Waals surface area contributed by atoms with E-state index < -0.39 is 18.9 Å². The zero-order chi connectivity index (χ0) is 25.8. The number of benzene rings is 2. The van der Waals surface area contributed by atoms with E-state index >= 15 is 0 Å². The van der Waals surface area contributed by atoms with Gasteiger partial charge in [-0.1, -0.05) is 24.8 Å². The molecule has 0 bridgehead atoms. The van der Waals surface area contributed by atoms with E-state index in [-0.39, 0.29) is 23.0 Å². The maximum Gasteiger partial charge on any atom is 0.255 e. The Bertz CT molecular complexity index is 1450. The first-order chi connectivity index (χ1) is 17.3. The van der Waals surface area contributed by atoms with Crippen LogP contribution in [0, 0.1) is 0 Å². The molecule has 0 aliphatic heterocycles. The second-order valence-corrected chi connectivity index (χ2v) is 7.49. The Kier molecular flexibility index (Phi) is 6.86. The van der Waals surface area contributed by atoms with Crippen LogP contribution in [0.3, 0.4) is 0 Å². The van der Waals surface area contributed by atoms with Gasteiger partial charge in [-0.05, 0) is 35.9 Å². The summed E-state index contributed by atoms with van der Waals surface area (Å²) in [4.78, 5) is 28.1. The predicted octanol–water partition coefficient (Wildman–Crippen LogP) is 3.17. The molecule has 2 aromatic carbocycles. The molecule has 2 amide bonds. The minimum atomic E-state index is -2.68. The van der Waals surface area contributed by atoms with Crippen molar-refractivity contribution in [3.05, 3.63) is 67.0 Å². The number of halogens is 2. The number of methoxy groups -OCH3 is 1. The summed E-state index contributed by atoms with van der Waals surface area (Å²) in [7, 11) is 1.37. The number of nitrogens with two attached hydrogens (primary N) is 1. The van der Waals surface area contributed by atoms with Crippen LogP contribution in [0.25, 0.3) is 27.9 Å². The number of alkyl halides is 2. The maximum atomic E-state index is 12.5. The minimum Gasteiger partial charge on any atom is -0.496 e. The summed E-state index contributed by atoms with van der Waals surface area (Å²) in [5, 5.41) is 13.6. The van der Waals surface area contributed by atoms with Gasteiger partial charge in [-0.15, -0.1) is 14.8 Å². The molecular weight excluding hydrogens is 472 g/mol.